The van der Waals surface area contributed by atoms with Crippen molar-refractivity contribution in [2.24, 2.45) is 17.1 Å². The van der Waals surface area contributed by atoms with E-state index in [4.69, 9.17) is 10.5 Å². The minimum Gasteiger partial charge on any atom is -0.378 e. The van der Waals surface area contributed by atoms with Crippen molar-refractivity contribution in [3.8, 4) is 0 Å². The number of ether oxygens (including phenoxy) is 1. The van der Waals surface area contributed by atoms with Gasteiger partial charge in [-0.05, 0) is 49.8 Å². The number of nitrogens with zero attached hydrogens (tertiary/aromatic N) is 1. The Morgan fingerprint density at radius 1 is 1.33 bits per heavy atom. The molecular weight excluding hydrogens is 367 g/mol. The number of halogens is 2. The summed E-state index contributed by atoms with van der Waals surface area (Å²) in [5.41, 5.74) is 6.39. The first-order valence-corrected chi connectivity index (χ1v) is 9.72. The zero-order valence-electron chi connectivity index (χ0n) is 16.5. The molecule has 2 atom stereocenters. The Hall–Kier alpha value is -1.17. The highest BCUT2D eigenvalue weighted by atomic mass is 35.5. The van der Waals surface area contributed by atoms with Crippen LogP contribution >= 0.6 is 12.4 Å². The predicted molar refractivity (Wildman–Crippen MR) is 107 cm³/mol. The highest BCUT2D eigenvalue weighted by Gasteiger charge is 2.63. The van der Waals surface area contributed by atoms with Crippen LogP contribution in [0.2, 0.25) is 0 Å². The summed E-state index contributed by atoms with van der Waals surface area (Å²) in [5.74, 6) is 0.360. The van der Waals surface area contributed by atoms with Crippen LogP contribution in [0.4, 0.5) is 4.39 Å². The van der Waals surface area contributed by atoms with Crippen LogP contribution in [0.25, 0.3) is 0 Å². The average molecular weight is 399 g/mol. The van der Waals surface area contributed by atoms with E-state index >= 15 is 0 Å². The maximum absolute atomic E-state index is 13.3. The zero-order valence-corrected chi connectivity index (χ0v) is 17.4. The standard InChI is InChI=1S/C21H31FN2O2.ClH/c1-4-26-18-14-21(23,20(18,2)3)19(25)24-10-8-15(9-11-24)12-16-6-5-7-17(22)13-16;/h5-7,13,15,18H,4,8-12,14,23H2,1-3H3;1H. The average Bonchev–Trinajstić information content (AvgIpc) is 2.61. The largest absolute Gasteiger partial charge is 0.378 e. The van der Waals surface area contributed by atoms with Crippen LogP contribution in [0.3, 0.4) is 0 Å². The molecule has 0 aromatic heterocycles. The van der Waals surface area contributed by atoms with Crippen LogP contribution in [0.5, 0.6) is 0 Å². The van der Waals surface area contributed by atoms with Gasteiger partial charge in [0.1, 0.15) is 11.4 Å². The SMILES string of the molecule is CCOC1CC(N)(C(=O)N2CCC(Cc3cccc(F)c3)CC2)C1(C)C.Cl. The van der Waals surface area contributed by atoms with Gasteiger partial charge in [-0.25, -0.2) is 4.39 Å². The van der Waals surface area contributed by atoms with Crippen LogP contribution in [-0.2, 0) is 16.0 Å². The number of nitrogens with two attached hydrogens (primary N) is 1. The summed E-state index contributed by atoms with van der Waals surface area (Å²) < 4.78 is 19.1. The Morgan fingerprint density at radius 2 is 2.00 bits per heavy atom. The van der Waals surface area contributed by atoms with E-state index in [9.17, 15) is 9.18 Å². The fourth-order valence-corrected chi connectivity index (χ4v) is 4.42. The van der Waals surface area contributed by atoms with Crippen molar-refractivity contribution < 1.29 is 13.9 Å². The van der Waals surface area contributed by atoms with Crippen molar-refractivity contribution in [3.05, 3.63) is 35.6 Å². The van der Waals surface area contributed by atoms with Gasteiger partial charge >= 0.3 is 0 Å². The molecule has 1 heterocycles. The number of carbonyl (C=O) groups is 1. The highest BCUT2D eigenvalue weighted by Crippen LogP contribution is 2.50. The monoisotopic (exact) mass is 398 g/mol. The Labute approximate surface area is 168 Å². The topological polar surface area (TPSA) is 55.6 Å². The van der Waals surface area contributed by atoms with Crippen LogP contribution in [0, 0.1) is 17.2 Å². The number of benzene rings is 1. The Morgan fingerprint density at radius 3 is 2.56 bits per heavy atom. The minimum atomic E-state index is -0.831. The van der Waals surface area contributed by atoms with Crippen LogP contribution in [0.1, 0.15) is 45.6 Å². The lowest BCUT2D eigenvalue weighted by molar-refractivity contribution is -0.180. The quantitative estimate of drug-likeness (QED) is 0.825. The second kappa shape index (κ2) is 8.46. The molecule has 6 heteroatoms. The number of hydrogen-bond donors (Lipinski definition) is 1. The normalized spacial score (nSPS) is 27.6. The van der Waals surface area contributed by atoms with Gasteiger partial charge in [-0.3, -0.25) is 4.79 Å². The van der Waals surface area contributed by atoms with E-state index in [-0.39, 0.29) is 35.7 Å². The minimum absolute atomic E-state index is 0. The molecule has 1 saturated carbocycles. The van der Waals surface area contributed by atoms with E-state index in [0.717, 1.165) is 37.9 Å². The molecule has 0 spiro atoms. The Balaban J connectivity index is 0.00000261. The van der Waals surface area contributed by atoms with Crippen molar-refractivity contribution in [2.75, 3.05) is 19.7 Å². The Kier molecular flexibility index (Phi) is 6.93. The van der Waals surface area contributed by atoms with Gasteiger partial charge in [-0.2, -0.15) is 0 Å². The van der Waals surface area contributed by atoms with Gasteiger partial charge < -0.3 is 15.4 Å². The van der Waals surface area contributed by atoms with Crippen molar-refractivity contribution >= 4 is 18.3 Å². The van der Waals surface area contributed by atoms with E-state index in [1.54, 1.807) is 12.1 Å². The van der Waals surface area contributed by atoms with Gasteiger partial charge in [-0.15, -0.1) is 12.4 Å². The molecule has 0 radical (unpaired) electrons. The number of amides is 1. The summed E-state index contributed by atoms with van der Waals surface area (Å²) in [6.07, 6.45) is 3.38. The molecule has 1 amide bonds. The summed E-state index contributed by atoms with van der Waals surface area (Å²) in [6.45, 7) is 8.14. The third kappa shape index (κ3) is 4.15. The molecule has 1 aliphatic heterocycles. The van der Waals surface area contributed by atoms with E-state index in [1.807, 2.05) is 31.7 Å². The third-order valence-electron chi connectivity index (χ3n) is 6.53. The predicted octanol–water partition coefficient (Wildman–Crippen LogP) is 3.56. The van der Waals surface area contributed by atoms with Gasteiger partial charge in [0.05, 0.1) is 6.10 Å². The number of likely N-dealkylation sites (tertiary alicyclic amines) is 1. The van der Waals surface area contributed by atoms with Gasteiger partial charge in [0.15, 0.2) is 0 Å². The fraction of sp³-hybridized carbons (Fsp3) is 0.667. The van der Waals surface area contributed by atoms with Gasteiger partial charge in [-0.1, -0.05) is 26.0 Å². The molecule has 2 fully saturated rings. The van der Waals surface area contributed by atoms with Crippen LogP contribution in [-0.4, -0.2) is 42.1 Å². The van der Waals surface area contributed by atoms with E-state index in [2.05, 4.69) is 0 Å². The molecule has 152 valence electrons. The maximum Gasteiger partial charge on any atom is 0.243 e. The smallest absolute Gasteiger partial charge is 0.243 e. The molecule has 2 aliphatic rings. The Bertz CT molecular complexity index is 661. The first kappa shape index (κ1) is 22.1. The zero-order chi connectivity index (χ0) is 18.9. The molecule has 2 unspecified atom stereocenters. The van der Waals surface area contributed by atoms with Crippen LogP contribution < -0.4 is 5.73 Å². The van der Waals surface area contributed by atoms with Crippen molar-refractivity contribution in [1.29, 1.82) is 0 Å². The highest BCUT2D eigenvalue weighted by molar-refractivity contribution is 5.89. The summed E-state index contributed by atoms with van der Waals surface area (Å²) in [6, 6.07) is 6.81. The van der Waals surface area contributed by atoms with Crippen molar-refractivity contribution in [1.82, 2.24) is 4.90 Å². The molecule has 1 aromatic carbocycles. The van der Waals surface area contributed by atoms with E-state index < -0.39 is 5.54 Å². The lowest BCUT2D eigenvalue weighted by atomic mass is 9.54. The number of hydrogen-bond acceptors (Lipinski definition) is 3. The van der Waals surface area contributed by atoms with Crippen molar-refractivity contribution in [2.45, 2.75) is 58.1 Å². The molecule has 4 nitrogen and oxygen atoms in total. The van der Waals surface area contributed by atoms with Gasteiger partial charge in [0, 0.05) is 31.5 Å². The van der Waals surface area contributed by atoms with Crippen molar-refractivity contribution in [3.63, 3.8) is 0 Å². The van der Waals surface area contributed by atoms with E-state index in [1.165, 1.54) is 6.07 Å². The first-order chi connectivity index (χ1) is 12.3. The summed E-state index contributed by atoms with van der Waals surface area (Å²) in [7, 11) is 0. The molecule has 0 bridgehead atoms. The summed E-state index contributed by atoms with van der Waals surface area (Å²) in [5, 5.41) is 0. The molecule has 1 saturated heterocycles. The molecule has 1 aliphatic carbocycles. The number of carbonyl (C=O) groups excluding carboxylic acids is 1. The molecule has 3 rings (SSSR count). The first-order valence-electron chi connectivity index (χ1n) is 9.72. The maximum atomic E-state index is 13.3. The number of rotatable bonds is 5. The fourth-order valence-electron chi connectivity index (χ4n) is 4.42. The lowest BCUT2D eigenvalue weighted by Crippen LogP contribution is -2.76. The molecule has 27 heavy (non-hydrogen) atoms. The molecule has 1 aromatic rings. The van der Waals surface area contributed by atoms with Gasteiger partial charge in [0.2, 0.25) is 5.91 Å². The third-order valence-corrected chi connectivity index (χ3v) is 6.53. The lowest BCUT2D eigenvalue weighted by Gasteiger charge is -2.59. The second-order valence-electron chi connectivity index (χ2n) is 8.41. The molecule has 2 N–H and O–H groups in total. The van der Waals surface area contributed by atoms with Crippen LogP contribution in [0.15, 0.2) is 24.3 Å². The summed E-state index contributed by atoms with van der Waals surface area (Å²) in [4.78, 5) is 15.0. The number of piperidine rings is 1. The molecular formula is C21H32ClFN2O2. The van der Waals surface area contributed by atoms with Gasteiger partial charge in [0.25, 0.3) is 0 Å². The summed E-state index contributed by atoms with van der Waals surface area (Å²) >= 11 is 0. The van der Waals surface area contributed by atoms with E-state index in [0.29, 0.717) is 18.9 Å². The second-order valence-corrected chi connectivity index (χ2v) is 8.41.